The topological polar surface area (TPSA) is 50.6 Å². The van der Waals surface area contributed by atoms with E-state index in [1.54, 1.807) is 11.8 Å². The predicted molar refractivity (Wildman–Crippen MR) is 92.9 cm³/mol. The van der Waals surface area contributed by atoms with Gasteiger partial charge in [0.25, 0.3) is 5.91 Å². The Balaban J connectivity index is 1.79. The van der Waals surface area contributed by atoms with Crippen LogP contribution in [0.2, 0.25) is 0 Å². The van der Waals surface area contributed by atoms with E-state index in [-0.39, 0.29) is 5.91 Å². The molecular formula is C18H24N4O2. The molecule has 0 aliphatic carbocycles. The summed E-state index contributed by atoms with van der Waals surface area (Å²) in [6.45, 7) is 8.52. The van der Waals surface area contributed by atoms with Gasteiger partial charge in [-0.1, -0.05) is 13.0 Å². The number of carbonyl (C=O) groups is 1. The predicted octanol–water partition coefficient (Wildman–Crippen LogP) is 1.97. The molecule has 2 aromatic rings. The summed E-state index contributed by atoms with van der Waals surface area (Å²) in [5.41, 5.74) is 2.32. The second-order valence-corrected chi connectivity index (χ2v) is 6.01. The highest BCUT2D eigenvalue weighted by Gasteiger charge is 2.23. The third-order valence-electron chi connectivity index (χ3n) is 4.51. The van der Waals surface area contributed by atoms with Crippen molar-refractivity contribution in [2.24, 2.45) is 0 Å². The van der Waals surface area contributed by atoms with Crippen molar-refractivity contribution in [2.45, 2.75) is 13.8 Å². The van der Waals surface area contributed by atoms with Gasteiger partial charge >= 0.3 is 0 Å². The van der Waals surface area contributed by atoms with Crippen molar-refractivity contribution in [1.82, 2.24) is 19.6 Å². The van der Waals surface area contributed by atoms with Crippen LogP contribution >= 0.6 is 0 Å². The summed E-state index contributed by atoms with van der Waals surface area (Å²) >= 11 is 0. The summed E-state index contributed by atoms with van der Waals surface area (Å²) in [7, 11) is 1.64. The number of piperazine rings is 1. The molecule has 6 nitrogen and oxygen atoms in total. The van der Waals surface area contributed by atoms with Gasteiger partial charge in [-0.15, -0.1) is 0 Å². The summed E-state index contributed by atoms with van der Waals surface area (Å²) in [6.07, 6.45) is 0. The Bertz CT molecular complexity index is 718. The number of hydrogen-bond donors (Lipinski definition) is 0. The molecule has 0 saturated carbocycles. The second kappa shape index (κ2) is 7.05. The van der Waals surface area contributed by atoms with Gasteiger partial charge in [0, 0.05) is 37.9 Å². The fourth-order valence-electron chi connectivity index (χ4n) is 3.01. The molecule has 128 valence electrons. The molecule has 24 heavy (non-hydrogen) atoms. The average molecular weight is 328 g/mol. The van der Waals surface area contributed by atoms with Gasteiger partial charge in [-0.3, -0.25) is 4.79 Å². The molecule has 0 N–H and O–H groups in total. The number of likely N-dealkylation sites (N-methyl/N-ethyl adjacent to an activating group) is 1. The third kappa shape index (κ3) is 3.28. The average Bonchev–Trinajstić information content (AvgIpc) is 3.03. The SMILES string of the molecule is CCN1CCN(C(=O)c2cc(C)n(-c3cccc(OC)c3)n2)CC1. The van der Waals surface area contributed by atoms with Crippen LogP contribution in [-0.4, -0.2) is 65.3 Å². The summed E-state index contributed by atoms with van der Waals surface area (Å²) in [5.74, 6) is 0.779. The van der Waals surface area contributed by atoms with Gasteiger partial charge in [0.1, 0.15) is 5.75 Å². The molecule has 0 radical (unpaired) electrons. The van der Waals surface area contributed by atoms with Crippen LogP contribution in [0.15, 0.2) is 30.3 Å². The molecule has 0 bridgehead atoms. The Labute approximate surface area is 142 Å². The molecule has 1 amide bonds. The minimum absolute atomic E-state index is 0.00972. The van der Waals surface area contributed by atoms with Crippen LogP contribution in [0.3, 0.4) is 0 Å². The van der Waals surface area contributed by atoms with Crippen molar-refractivity contribution < 1.29 is 9.53 Å². The molecular weight excluding hydrogens is 304 g/mol. The van der Waals surface area contributed by atoms with Crippen molar-refractivity contribution in [3.63, 3.8) is 0 Å². The first-order valence-electron chi connectivity index (χ1n) is 8.35. The Morgan fingerprint density at radius 3 is 2.62 bits per heavy atom. The van der Waals surface area contributed by atoms with Crippen molar-refractivity contribution in [1.29, 1.82) is 0 Å². The summed E-state index contributed by atoms with van der Waals surface area (Å²) in [4.78, 5) is 17.0. The fraction of sp³-hybridized carbons (Fsp3) is 0.444. The van der Waals surface area contributed by atoms with Gasteiger partial charge in [0.15, 0.2) is 5.69 Å². The van der Waals surface area contributed by atoms with Crippen molar-refractivity contribution in [2.75, 3.05) is 39.8 Å². The van der Waals surface area contributed by atoms with Crippen LogP contribution < -0.4 is 4.74 Å². The summed E-state index contributed by atoms with van der Waals surface area (Å²) < 4.78 is 7.06. The van der Waals surface area contributed by atoms with E-state index in [9.17, 15) is 4.79 Å². The molecule has 1 aromatic carbocycles. The maximum atomic E-state index is 12.7. The molecule has 0 unspecified atom stereocenters. The Morgan fingerprint density at radius 1 is 1.21 bits per heavy atom. The van der Waals surface area contributed by atoms with Crippen LogP contribution in [-0.2, 0) is 0 Å². The Kier molecular flexibility index (Phi) is 4.85. The van der Waals surface area contributed by atoms with Crippen LogP contribution in [0.1, 0.15) is 23.1 Å². The lowest BCUT2D eigenvalue weighted by molar-refractivity contribution is 0.0637. The Hall–Kier alpha value is -2.34. The number of hydrogen-bond acceptors (Lipinski definition) is 4. The van der Waals surface area contributed by atoms with E-state index in [0.717, 1.165) is 49.9 Å². The number of aryl methyl sites for hydroxylation is 1. The number of rotatable bonds is 4. The van der Waals surface area contributed by atoms with Crippen LogP contribution in [0, 0.1) is 6.92 Å². The van der Waals surface area contributed by atoms with Crippen molar-refractivity contribution in [3.05, 3.63) is 41.7 Å². The molecule has 0 atom stereocenters. The first-order chi connectivity index (χ1) is 11.6. The summed E-state index contributed by atoms with van der Waals surface area (Å²) in [5, 5.41) is 4.53. The van der Waals surface area contributed by atoms with E-state index < -0.39 is 0 Å². The highest BCUT2D eigenvalue weighted by Crippen LogP contribution is 2.19. The number of amides is 1. The van der Waals surface area contributed by atoms with E-state index in [1.807, 2.05) is 42.2 Å². The fourth-order valence-corrected chi connectivity index (χ4v) is 3.01. The van der Waals surface area contributed by atoms with Crippen LogP contribution in [0.25, 0.3) is 5.69 Å². The number of ether oxygens (including phenoxy) is 1. The van der Waals surface area contributed by atoms with Gasteiger partial charge in [-0.05, 0) is 31.7 Å². The zero-order valence-electron chi connectivity index (χ0n) is 14.5. The zero-order chi connectivity index (χ0) is 17.1. The van der Waals surface area contributed by atoms with Crippen molar-refractivity contribution >= 4 is 5.91 Å². The quantitative estimate of drug-likeness (QED) is 0.861. The lowest BCUT2D eigenvalue weighted by Crippen LogP contribution is -2.48. The van der Waals surface area contributed by atoms with E-state index in [0.29, 0.717) is 5.69 Å². The highest BCUT2D eigenvalue weighted by atomic mass is 16.5. The lowest BCUT2D eigenvalue weighted by atomic mass is 10.2. The van der Waals surface area contributed by atoms with E-state index in [2.05, 4.69) is 16.9 Å². The largest absolute Gasteiger partial charge is 0.497 e. The maximum absolute atomic E-state index is 12.7. The van der Waals surface area contributed by atoms with Gasteiger partial charge < -0.3 is 14.5 Å². The molecule has 6 heteroatoms. The number of benzene rings is 1. The molecule has 3 rings (SSSR count). The van der Waals surface area contributed by atoms with Gasteiger partial charge in [0.05, 0.1) is 12.8 Å². The summed E-state index contributed by atoms with van der Waals surface area (Å²) in [6, 6.07) is 9.53. The van der Waals surface area contributed by atoms with Gasteiger partial charge in [0.2, 0.25) is 0 Å². The first-order valence-corrected chi connectivity index (χ1v) is 8.35. The molecule has 1 aromatic heterocycles. The minimum atomic E-state index is 0.00972. The number of nitrogens with zero attached hydrogens (tertiary/aromatic N) is 4. The molecule has 1 aliphatic rings. The van der Waals surface area contributed by atoms with Crippen LogP contribution in [0.5, 0.6) is 5.75 Å². The van der Waals surface area contributed by atoms with E-state index in [1.165, 1.54) is 0 Å². The second-order valence-electron chi connectivity index (χ2n) is 6.01. The standard InChI is InChI=1S/C18H24N4O2/c1-4-20-8-10-21(11-9-20)18(23)17-12-14(2)22(19-17)15-6-5-7-16(13-15)24-3/h5-7,12-13H,4,8-11H2,1-3H3. The highest BCUT2D eigenvalue weighted by molar-refractivity contribution is 5.92. The van der Waals surface area contributed by atoms with Crippen molar-refractivity contribution in [3.8, 4) is 11.4 Å². The maximum Gasteiger partial charge on any atom is 0.274 e. The molecule has 1 saturated heterocycles. The molecule has 2 heterocycles. The van der Waals surface area contributed by atoms with Gasteiger partial charge in [-0.25, -0.2) is 4.68 Å². The van der Waals surface area contributed by atoms with E-state index >= 15 is 0 Å². The zero-order valence-corrected chi connectivity index (χ0v) is 14.5. The van der Waals surface area contributed by atoms with Crippen LogP contribution in [0.4, 0.5) is 0 Å². The minimum Gasteiger partial charge on any atom is -0.497 e. The smallest absolute Gasteiger partial charge is 0.274 e. The molecule has 1 fully saturated rings. The normalized spacial score (nSPS) is 15.5. The van der Waals surface area contributed by atoms with Gasteiger partial charge in [-0.2, -0.15) is 5.10 Å². The number of carbonyl (C=O) groups excluding carboxylic acids is 1. The monoisotopic (exact) mass is 328 g/mol. The lowest BCUT2D eigenvalue weighted by Gasteiger charge is -2.33. The molecule has 1 aliphatic heterocycles. The first kappa shape index (κ1) is 16.5. The Morgan fingerprint density at radius 2 is 1.96 bits per heavy atom. The third-order valence-corrected chi connectivity index (χ3v) is 4.51. The van der Waals surface area contributed by atoms with E-state index in [4.69, 9.17) is 4.74 Å². The molecule has 0 spiro atoms. The number of methoxy groups -OCH3 is 1. The number of aromatic nitrogens is 2.